The molecule has 2 rings (SSSR count). The van der Waals surface area contributed by atoms with Gasteiger partial charge in [-0.05, 0) is 29.0 Å². The Bertz CT molecular complexity index is 525. The number of nitrogens with zero attached hydrogens (tertiary/aromatic N) is 5. The number of carboxylic acids is 1. The predicted octanol–water partition coefficient (Wildman–Crippen LogP) is 0.0420. The molecule has 2 heterocycles. The summed E-state index contributed by atoms with van der Waals surface area (Å²) in [4.78, 5) is 10.8. The molecule has 1 atom stereocenters. The van der Waals surface area contributed by atoms with Gasteiger partial charge in [-0.3, -0.25) is 4.79 Å². The molecule has 0 aliphatic carbocycles. The molecule has 0 saturated carbocycles. The number of anilines is 1. The van der Waals surface area contributed by atoms with Gasteiger partial charge < -0.3 is 10.4 Å². The van der Waals surface area contributed by atoms with Crippen LogP contribution in [0.4, 0.5) is 5.82 Å². The third kappa shape index (κ3) is 2.47. The third-order valence-electron chi connectivity index (χ3n) is 2.44. The molecule has 0 aromatic carbocycles. The number of aromatic nitrogens is 5. The first-order chi connectivity index (χ1) is 8.20. The van der Waals surface area contributed by atoms with Crippen LogP contribution in [0.5, 0.6) is 0 Å². The highest BCUT2D eigenvalue weighted by Gasteiger charge is 2.14. The molecule has 0 spiro atoms. The number of rotatable bonds is 5. The highest BCUT2D eigenvalue weighted by molar-refractivity contribution is 5.70. The minimum absolute atomic E-state index is 0.326. The van der Waals surface area contributed by atoms with Crippen LogP contribution in [-0.2, 0) is 4.79 Å². The quantitative estimate of drug-likeness (QED) is 0.755. The zero-order valence-electron chi connectivity index (χ0n) is 9.24. The number of carboxylic acid groups (broad SMARTS) is 1. The topological polar surface area (TPSA) is 105 Å². The van der Waals surface area contributed by atoms with Gasteiger partial charge in [-0.2, -0.15) is 0 Å². The Hall–Kier alpha value is -2.25. The number of fused-ring (bicyclic) bond motifs is 1. The summed E-state index contributed by atoms with van der Waals surface area (Å²) in [5, 5.41) is 26.7. The van der Waals surface area contributed by atoms with E-state index in [9.17, 15) is 4.79 Å². The van der Waals surface area contributed by atoms with Crippen molar-refractivity contribution in [3.05, 3.63) is 12.1 Å². The molecule has 1 unspecified atom stereocenters. The van der Waals surface area contributed by atoms with Crippen LogP contribution < -0.4 is 5.32 Å². The van der Waals surface area contributed by atoms with Crippen molar-refractivity contribution in [2.45, 2.75) is 13.3 Å². The molecule has 17 heavy (non-hydrogen) atoms. The first-order valence-corrected chi connectivity index (χ1v) is 5.23. The zero-order chi connectivity index (χ0) is 12.3. The van der Waals surface area contributed by atoms with E-state index in [0.717, 1.165) is 0 Å². The van der Waals surface area contributed by atoms with Crippen molar-refractivity contribution >= 4 is 17.4 Å². The Kier molecular flexibility index (Phi) is 3.12. The number of tetrazole rings is 1. The molecule has 0 saturated heterocycles. The summed E-state index contributed by atoms with van der Waals surface area (Å²) in [7, 11) is 0. The molecular formula is C9H12N6O2. The standard InChI is InChI=1S/C9H12N6O2/c1-2-6(9(16)17)5-10-7-3-4-8-11-13-14-15(8)12-7/h3-4,6H,2,5H2,1H3,(H,10,12)(H,16,17). The third-order valence-corrected chi connectivity index (χ3v) is 2.44. The maximum absolute atomic E-state index is 10.8. The van der Waals surface area contributed by atoms with Crippen molar-refractivity contribution in [1.82, 2.24) is 25.3 Å². The summed E-state index contributed by atoms with van der Waals surface area (Å²) in [6, 6.07) is 3.41. The van der Waals surface area contributed by atoms with Gasteiger partial charge in [-0.25, -0.2) is 0 Å². The number of hydrogen-bond donors (Lipinski definition) is 2. The van der Waals surface area contributed by atoms with Gasteiger partial charge in [-0.1, -0.05) is 6.92 Å². The lowest BCUT2D eigenvalue weighted by Crippen LogP contribution is -2.22. The normalized spacial score (nSPS) is 12.5. The van der Waals surface area contributed by atoms with E-state index in [1.54, 1.807) is 12.1 Å². The fourth-order valence-electron chi connectivity index (χ4n) is 1.38. The van der Waals surface area contributed by atoms with Crippen molar-refractivity contribution in [2.75, 3.05) is 11.9 Å². The molecule has 0 radical (unpaired) electrons. The van der Waals surface area contributed by atoms with Crippen molar-refractivity contribution in [2.24, 2.45) is 5.92 Å². The largest absolute Gasteiger partial charge is 0.481 e. The van der Waals surface area contributed by atoms with Crippen LogP contribution in [0.25, 0.3) is 5.65 Å². The van der Waals surface area contributed by atoms with Gasteiger partial charge in [0.15, 0.2) is 5.65 Å². The second kappa shape index (κ2) is 4.73. The van der Waals surface area contributed by atoms with Crippen molar-refractivity contribution in [3.63, 3.8) is 0 Å². The van der Waals surface area contributed by atoms with E-state index in [1.165, 1.54) is 4.63 Å². The number of nitrogens with one attached hydrogen (secondary N) is 1. The molecule has 2 aromatic rings. The number of hydrogen-bond acceptors (Lipinski definition) is 6. The molecule has 8 heteroatoms. The molecular weight excluding hydrogens is 224 g/mol. The maximum Gasteiger partial charge on any atom is 0.308 e. The van der Waals surface area contributed by atoms with E-state index < -0.39 is 11.9 Å². The van der Waals surface area contributed by atoms with E-state index in [-0.39, 0.29) is 0 Å². The van der Waals surface area contributed by atoms with E-state index in [2.05, 4.69) is 25.9 Å². The Balaban J connectivity index is 2.05. The van der Waals surface area contributed by atoms with Crippen LogP contribution in [0.3, 0.4) is 0 Å². The molecule has 0 bridgehead atoms. The first-order valence-electron chi connectivity index (χ1n) is 5.23. The van der Waals surface area contributed by atoms with Crippen molar-refractivity contribution in [1.29, 1.82) is 0 Å². The zero-order valence-corrected chi connectivity index (χ0v) is 9.24. The van der Waals surface area contributed by atoms with Gasteiger partial charge in [0.25, 0.3) is 0 Å². The summed E-state index contributed by atoms with van der Waals surface area (Å²) in [5.74, 6) is -0.700. The Morgan fingerprint density at radius 2 is 2.41 bits per heavy atom. The minimum atomic E-state index is -0.816. The summed E-state index contributed by atoms with van der Waals surface area (Å²) >= 11 is 0. The fourth-order valence-corrected chi connectivity index (χ4v) is 1.38. The van der Waals surface area contributed by atoms with Crippen LogP contribution in [-0.4, -0.2) is 42.9 Å². The van der Waals surface area contributed by atoms with Crippen LogP contribution in [0.2, 0.25) is 0 Å². The minimum Gasteiger partial charge on any atom is -0.481 e. The van der Waals surface area contributed by atoms with E-state index >= 15 is 0 Å². The van der Waals surface area contributed by atoms with Crippen LogP contribution in [0, 0.1) is 5.92 Å². The molecule has 0 aliphatic rings. The van der Waals surface area contributed by atoms with Gasteiger partial charge >= 0.3 is 5.97 Å². The first kappa shape index (κ1) is 11.2. The SMILES string of the molecule is CCC(CNc1ccc2nnnn2n1)C(=O)O. The smallest absolute Gasteiger partial charge is 0.308 e. The molecule has 90 valence electrons. The van der Waals surface area contributed by atoms with Gasteiger partial charge in [-0.15, -0.1) is 14.8 Å². The molecule has 8 nitrogen and oxygen atoms in total. The van der Waals surface area contributed by atoms with E-state index in [4.69, 9.17) is 5.11 Å². The lowest BCUT2D eigenvalue weighted by molar-refractivity contribution is -0.141. The Labute approximate surface area is 96.6 Å². The van der Waals surface area contributed by atoms with Crippen LogP contribution in [0.1, 0.15) is 13.3 Å². The summed E-state index contributed by atoms with van der Waals surface area (Å²) in [5.41, 5.74) is 0.542. The van der Waals surface area contributed by atoms with Crippen LogP contribution >= 0.6 is 0 Å². The average Bonchev–Trinajstić information content (AvgIpc) is 2.76. The summed E-state index contributed by atoms with van der Waals surface area (Å²) < 4.78 is 1.28. The Morgan fingerprint density at radius 1 is 1.59 bits per heavy atom. The summed E-state index contributed by atoms with van der Waals surface area (Å²) in [6.07, 6.45) is 0.565. The highest BCUT2D eigenvalue weighted by Crippen LogP contribution is 2.07. The van der Waals surface area contributed by atoms with Gasteiger partial charge in [0, 0.05) is 6.54 Å². The molecule has 2 N–H and O–H groups in total. The van der Waals surface area contributed by atoms with E-state index in [1.807, 2.05) is 6.92 Å². The predicted molar refractivity (Wildman–Crippen MR) is 58.5 cm³/mol. The molecule has 0 amide bonds. The average molecular weight is 236 g/mol. The molecule has 0 aliphatic heterocycles. The molecule has 2 aromatic heterocycles. The van der Waals surface area contributed by atoms with Crippen molar-refractivity contribution < 1.29 is 9.90 Å². The molecule has 0 fully saturated rings. The monoisotopic (exact) mass is 236 g/mol. The van der Waals surface area contributed by atoms with Crippen LogP contribution in [0.15, 0.2) is 12.1 Å². The van der Waals surface area contributed by atoms with Gasteiger partial charge in [0.2, 0.25) is 0 Å². The number of aliphatic carboxylic acids is 1. The maximum atomic E-state index is 10.8. The Morgan fingerprint density at radius 3 is 3.12 bits per heavy atom. The highest BCUT2D eigenvalue weighted by atomic mass is 16.4. The summed E-state index contributed by atoms with van der Waals surface area (Å²) in [6.45, 7) is 2.16. The second-order valence-corrected chi connectivity index (χ2v) is 3.57. The van der Waals surface area contributed by atoms with Crippen molar-refractivity contribution in [3.8, 4) is 0 Å². The lowest BCUT2D eigenvalue weighted by Gasteiger charge is -2.10. The van der Waals surface area contributed by atoms with Gasteiger partial charge in [0.1, 0.15) is 5.82 Å². The second-order valence-electron chi connectivity index (χ2n) is 3.57. The lowest BCUT2D eigenvalue weighted by atomic mass is 10.1. The number of carbonyl (C=O) groups is 1. The van der Waals surface area contributed by atoms with Gasteiger partial charge in [0.05, 0.1) is 5.92 Å². The fraction of sp³-hybridized carbons (Fsp3) is 0.444. The van der Waals surface area contributed by atoms with E-state index in [0.29, 0.717) is 24.4 Å².